The number of nitrogens with one attached hydrogen (secondary N) is 1. The number of aromatic nitrogens is 3. The molecule has 1 N–H and O–H groups in total. The molecule has 2 aromatic rings. The molecule has 114 valence electrons. The highest BCUT2D eigenvalue weighted by Gasteiger charge is 2.17. The molecular formula is C14H21N5O2. The molecular weight excluding hydrogens is 270 g/mol. The Kier molecular flexibility index (Phi) is 5.10. The zero-order valence-corrected chi connectivity index (χ0v) is 12.7. The molecule has 0 aliphatic carbocycles. The summed E-state index contributed by atoms with van der Waals surface area (Å²) in [6.07, 6.45) is 1.42. The second-order valence-electron chi connectivity index (χ2n) is 4.82. The second kappa shape index (κ2) is 7.03. The first kappa shape index (κ1) is 15.2. The minimum atomic E-state index is -0.169. The summed E-state index contributed by atoms with van der Waals surface area (Å²) in [7, 11) is 1.71. The first-order valence-electron chi connectivity index (χ1n) is 7.04. The minimum Gasteiger partial charge on any atom is -0.455 e. The summed E-state index contributed by atoms with van der Waals surface area (Å²) >= 11 is 0. The van der Waals surface area contributed by atoms with E-state index in [2.05, 4.69) is 33.9 Å². The van der Waals surface area contributed by atoms with Crippen molar-refractivity contribution in [1.82, 2.24) is 25.0 Å². The van der Waals surface area contributed by atoms with Gasteiger partial charge in [0, 0.05) is 7.05 Å². The Labute approximate surface area is 124 Å². The smallest absolute Gasteiger partial charge is 0.289 e. The second-order valence-corrected chi connectivity index (χ2v) is 4.82. The van der Waals surface area contributed by atoms with Gasteiger partial charge in [-0.15, -0.1) is 0 Å². The Morgan fingerprint density at radius 2 is 2.05 bits per heavy atom. The van der Waals surface area contributed by atoms with Gasteiger partial charge in [-0.3, -0.25) is 14.8 Å². The summed E-state index contributed by atoms with van der Waals surface area (Å²) in [5, 5.41) is 6.49. The van der Waals surface area contributed by atoms with Crippen molar-refractivity contribution < 1.29 is 9.21 Å². The highest BCUT2D eigenvalue weighted by molar-refractivity contribution is 5.91. The Bertz CT molecular complexity index is 560. The third-order valence-electron chi connectivity index (χ3n) is 3.34. The van der Waals surface area contributed by atoms with E-state index in [1.54, 1.807) is 18.0 Å². The van der Waals surface area contributed by atoms with Crippen LogP contribution in [0.15, 0.2) is 22.9 Å². The molecule has 0 atom stereocenters. The van der Waals surface area contributed by atoms with Crippen molar-refractivity contribution in [2.45, 2.75) is 26.9 Å². The number of rotatable bonds is 7. The number of carbonyl (C=O) groups excluding carboxylic acids is 1. The van der Waals surface area contributed by atoms with Gasteiger partial charge in [-0.1, -0.05) is 13.8 Å². The lowest BCUT2D eigenvalue weighted by atomic mass is 10.3. The van der Waals surface area contributed by atoms with E-state index < -0.39 is 0 Å². The van der Waals surface area contributed by atoms with Crippen LogP contribution in [0.3, 0.4) is 0 Å². The number of aromatic amines is 1. The zero-order valence-electron chi connectivity index (χ0n) is 12.7. The Balaban J connectivity index is 1.98. The maximum absolute atomic E-state index is 12.3. The quantitative estimate of drug-likeness (QED) is 0.836. The fraction of sp³-hybridized carbons (Fsp3) is 0.500. The maximum atomic E-state index is 12.3. The van der Waals surface area contributed by atoms with Gasteiger partial charge in [-0.2, -0.15) is 5.10 Å². The molecule has 0 spiro atoms. The summed E-state index contributed by atoms with van der Waals surface area (Å²) in [6.45, 7) is 7.18. The monoisotopic (exact) mass is 291 g/mol. The van der Waals surface area contributed by atoms with E-state index in [4.69, 9.17) is 4.42 Å². The number of hydrogen-bond acceptors (Lipinski definition) is 5. The summed E-state index contributed by atoms with van der Waals surface area (Å²) in [6, 6.07) is 3.58. The number of H-pyrrole nitrogens is 1. The van der Waals surface area contributed by atoms with E-state index in [0.717, 1.165) is 18.8 Å². The molecule has 2 aromatic heterocycles. The fourth-order valence-corrected chi connectivity index (χ4v) is 2.04. The van der Waals surface area contributed by atoms with E-state index >= 15 is 0 Å². The summed E-state index contributed by atoms with van der Waals surface area (Å²) in [5.74, 6) is 1.62. The van der Waals surface area contributed by atoms with Crippen LogP contribution in [-0.2, 0) is 13.1 Å². The molecule has 0 unspecified atom stereocenters. The van der Waals surface area contributed by atoms with Gasteiger partial charge in [-0.05, 0) is 25.2 Å². The van der Waals surface area contributed by atoms with Gasteiger partial charge in [-0.25, -0.2) is 4.98 Å². The highest BCUT2D eigenvalue weighted by atomic mass is 16.4. The fourth-order valence-electron chi connectivity index (χ4n) is 2.04. The molecule has 1 amide bonds. The minimum absolute atomic E-state index is 0.169. The predicted octanol–water partition coefficient (Wildman–Crippen LogP) is 1.51. The molecule has 0 saturated carbocycles. The van der Waals surface area contributed by atoms with Crippen LogP contribution in [0.1, 0.15) is 36.0 Å². The molecule has 7 heteroatoms. The first-order valence-corrected chi connectivity index (χ1v) is 7.04. The van der Waals surface area contributed by atoms with E-state index in [1.807, 2.05) is 6.07 Å². The number of hydrogen-bond donors (Lipinski definition) is 1. The molecule has 0 saturated heterocycles. The topological polar surface area (TPSA) is 78.3 Å². The number of carbonyl (C=O) groups is 1. The first-order chi connectivity index (χ1) is 10.1. The Morgan fingerprint density at radius 1 is 1.29 bits per heavy atom. The van der Waals surface area contributed by atoms with Crippen LogP contribution < -0.4 is 0 Å². The summed E-state index contributed by atoms with van der Waals surface area (Å²) in [4.78, 5) is 20.0. The average Bonchev–Trinajstić information content (AvgIpc) is 3.15. The molecule has 7 nitrogen and oxygen atoms in total. The molecule has 0 bridgehead atoms. The van der Waals surface area contributed by atoms with Crippen LogP contribution >= 0.6 is 0 Å². The molecule has 0 aliphatic rings. The Morgan fingerprint density at radius 3 is 2.67 bits per heavy atom. The molecule has 0 fully saturated rings. The average molecular weight is 291 g/mol. The van der Waals surface area contributed by atoms with Gasteiger partial charge in [0.1, 0.15) is 17.9 Å². The largest absolute Gasteiger partial charge is 0.455 e. The standard InChI is InChI=1S/C14H21N5O2/c1-4-19(5-2)8-11-6-7-12(21-11)14(20)18(3)9-13-15-10-16-17-13/h6-7,10H,4-5,8-9H2,1-3H3,(H,15,16,17). The third kappa shape index (κ3) is 3.91. The van der Waals surface area contributed by atoms with E-state index in [1.165, 1.54) is 6.33 Å². The molecule has 2 heterocycles. The van der Waals surface area contributed by atoms with Gasteiger partial charge >= 0.3 is 0 Å². The number of nitrogens with zero attached hydrogens (tertiary/aromatic N) is 4. The van der Waals surface area contributed by atoms with Crippen LogP contribution in [0.2, 0.25) is 0 Å². The molecule has 0 aliphatic heterocycles. The lowest BCUT2D eigenvalue weighted by molar-refractivity contribution is 0.0746. The molecule has 21 heavy (non-hydrogen) atoms. The lowest BCUT2D eigenvalue weighted by Gasteiger charge is -2.16. The Hall–Kier alpha value is -2.15. The van der Waals surface area contributed by atoms with Gasteiger partial charge < -0.3 is 9.32 Å². The SMILES string of the molecule is CCN(CC)Cc1ccc(C(=O)N(C)Cc2ncn[nH]2)o1. The molecule has 2 rings (SSSR count). The zero-order chi connectivity index (χ0) is 15.2. The van der Waals surface area contributed by atoms with Gasteiger partial charge in [0.25, 0.3) is 5.91 Å². The van der Waals surface area contributed by atoms with E-state index in [-0.39, 0.29) is 5.91 Å². The van der Waals surface area contributed by atoms with Crippen LogP contribution in [0.5, 0.6) is 0 Å². The van der Waals surface area contributed by atoms with Crippen molar-refractivity contribution in [2.75, 3.05) is 20.1 Å². The van der Waals surface area contributed by atoms with Crippen molar-refractivity contribution in [3.05, 3.63) is 35.8 Å². The van der Waals surface area contributed by atoms with Crippen LogP contribution in [0.4, 0.5) is 0 Å². The predicted molar refractivity (Wildman–Crippen MR) is 77.5 cm³/mol. The van der Waals surface area contributed by atoms with E-state index in [9.17, 15) is 4.79 Å². The van der Waals surface area contributed by atoms with Crippen molar-refractivity contribution in [3.8, 4) is 0 Å². The van der Waals surface area contributed by atoms with Crippen molar-refractivity contribution in [2.24, 2.45) is 0 Å². The van der Waals surface area contributed by atoms with Crippen molar-refractivity contribution in [1.29, 1.82) is 0 Å². The maximum Gasteiger partial charge on any atom is 0.289 e. The van der Waals surface area contributed by atoms with Gasteiger partial charge in [0.05, 0.1) is 13.1 Å². The molecule has 0 radical (unpaired) electrons. The van der Waals surface area contributed by atoms with Crippen LogP contribution in [0.25, 0.3) is 0 Å². The van der Waals surface area contributed by atoms with Crippen molar-refractivity contribution in [3.63, 3.8) is 0 Å². The number of furan rings is 1. The van der Waals surface area contributed by atoms with Crippen LogP contribution in [0, 0.1) is 0 Å². The van der Waals surface area contributed by atoms with E-state index in [0.29, 0.717) is 24.7 Å². The van der Waals surface area contributed by atoms with Crippen LogP contribution in [-0.4, -0.2) is 51.0 Å². The van der Waals surface area contributed by atoms with Gasteiger partial charge in [0.2, 0.25) is 0 Å². The van der Waals surface area contributed by atoms with Gasteiger partial charge in [0.15, 0.2) is 5.76 Å². The lowest BCUT2D eigenvalue weighted by Crippen LogP contribution is -2.26. The van der Waals surface area contributed by atoms with Crippen molar-refractivity contribution >= 4 is 5.91 Å². The number of amides is 1. The normalized spacial score (nSPS) is 11.0. The molecule has 0 aromatic carbocycles. The highest BCUT2D eigenvalue weighted by Crippen LogP contribution is 2.13. The summed E-state index contributed by atoms with van der Waals surface area (Å²) in [5.41, 5.74) is 0. The summed E-state index contributed by atoms with van der Waals surface area (Å²) < 4.78 is 5.64. The third-order valence-corrected chi connectivity index (χ3v) is 3.34.